The van der Waals surface area contributed by atoms with E-state index in [1.807, 2.05) is 48.5 Å². The molecule has 28 heavy (non-hydrogen) atoms. The Morgan fingerprint density at radius 1 is 0.929 bits per heavy atom. The van der Waals surface area contributed by atoms with Gasteiger partial charge in [0, 0.05) is 37.2 Å². The zero-order chi connectivity index (χ0) is 19.8. The molecule has 0 atom stereocenters. The molecule has 2 aromatic carbocycles. The van der Waals surface area contributed by atoms with E-state index in [1.54, 1.807) is 12.3 Å². The van der Waals surface area contributed by atoms with Crippen molar-refractivity contribution in [2.75, 3.05) is 23.3 Å². The molecule has 1 amide bonds. The number of carbonyl (C=O) groups excluding carboxylic acids is 1. The van der Waals surface area contributed by atoms with Gasteiger partial charge in [-0.3, -0.25) is 4.79 Å². The Morgan fingerprint density at radius 3 is 2.25 bits per heavy atom. The molecule has 0 aliphatic rings. The molecule has 0 bridgehead atoms. The smallest absolute Gasteiger partial charge is 0.253 e. The van der Waals surface area contributed by atoms with Crippen LogP contribution in [0.1, 0.15) is 29.8 Å². The Labute approximate surface area is 166 Å². The lowest BCUT2D eigenvalue weighted by molar-refractivity contribution is 0.0950. The molecule has 2 N–H and O–H groups in total. The first-order valence-corrected chi connectivity index (χ1v) is 9.59. The van der Waals surface area contributed by atoms with Crippen LogP contribution in [0.15, 0.2) is 72.9 Å². The second-order valence-electron chi connectivity index (χ2n) is 6.44. The van der Waals surface area contributed by atoms with Crippen LogP contribution in [0.3, 0.4) is 0 Å². The SMILES string of the molecule is CCN(CC)c1ccc(Nc2ccc(C(=O)NCc3ccccc3)cn2)cc1. The fraction of sp³-hybridized carbons (Fsp3) is 0.217. The molecule has 0 aliphatic carbocycles. The maximum Gasteiger partial charge on any atom is 0.253 e. The lowest BCUT2D eigenvalue weighted by Gasteiger charge is -2.21. The van der Waals surface area contributed by atoms with Crippen molar-refractivity contribution in [3.8, 4) is 0 Å². The topological polar surface area (TPSA) is 57.3 Å². The molecule has 3 rings (SSSR count). The van der Waals surface area contributed by atoms with Gasteiger partial charge in [0.1, 0.15) is 5.82 Å². The van der Waals surface area contributed by atoms with Crippen molar-refractivity contribution in [3.05, 3.63) is 84.1 Å². The van der Waals surface area contributed by atoms with Gasteiger partial charge < -0.3 is 15.5 Å². The number of hydrogen-bond acceptors (Lipinski definition) is 4. The van der Waals surface area contributed by atoms with E-state index in [9.17, 15) is 4.79 Å². The number of amides is 1. The standard InChI is InChI=1S/C23H26N4O/c1-3-27(4-2)21-13-11-20(12-14-21)26-22-15-10-19(17-24-22)23(28)25-16-18-8-6-5-7-9-18/h5-15,17H,3-4,16H2,1-2H3,(H,24,26)(H,25,28). The first-order valence-electron chi connectivity index (χ1n) is 9.59. The lowest BCUT2D eigenvalue weighted by atomic mass is 10.2. The quantitative estimate of drug-likeness (QED) is 0.605. The highest BCUT2D eigenvalue weighted by molar-refractivity contribution is 5.94. The van der Waals surface area contributed by atoms with E-state index in [4.69, 9.17) is 0 Å². The summed E-state index contributed by atoms with van der Waals surface area (Å²) < 4.78 is 0. The predicted octanol–water partition coefficient (Wildman–Crippen LogP) is 4.60. The molecule has 0 fully saturated rings. The monoisotopic (exact) mass is 374 g/mol. The third kappa shape index (κ3) is 5.10. The fourth-order valence-corrected chi connectivity index (χ4v) is 2.97. The summed E-state index contributed by atoms with van der Waals surface area (Å²) in [7, 11) is 0. The molecule has 0 radical (unpaired) electrons. The van der Waals surface area contributed by atoms with E-state index in [1.165, 1.54) is 5.69 Å². The zero-order valence-corrected chi connectivity index (χ0v) is 16.4. The average Bonchev–Trinajstić information content (AvgIpc) is 2.75. The molecule has 0 aliphatic heterocycles. The van der Waals surface area contributed by atoms with Crippen LogP contribution in [0.25, 0.3) is 0 Å². The van der Waals surface area contributed by atoms with Gasteiger partial charge in [-0.2, -0.15) is 0 Å². The van der Waals surface area contributed by atoms with E-state index in [0.717, 1.165) is 24.3 Å². The van der Waals surface area contributed by atoms with Crippen LogP contribution in [-0.2, 0) is 6.54 Å². The normalized spacial score (nSPS) is 10.4. The van der Waals surface area contributed by atoms with Crippen molar-refractivity contribution in [1.82, 2.24) is 10.3 Å². The Bertz CT molecular complexity index is 873. The largest absolute Gasteiger partial charge is 0.372 e. The third-order valence-electron chi connectivity index (χ3n) is 4.59. The lowest BCUT2D eigenvalue weighted by Crippen LogP contribution is -2.22. The van der Waals surface area contributed by atoms with Gasteiger partial charge in [-0.15, -0.1) is 0 Å². The maximum atomic E-state index is 12.3. The van der Waals surface area contributed by atoms with E-state index < -0.39 is 0 Å². The molecule has 1 aromatic heterocycles. The Balaban J connectivity index is 1.57. The van der Waals surface area contributed by atoms with E-state index in [0.29, 0.717) is 17.9 Å². The van der Waals surface area contributed by atoms with Gasteiger partial charge in [0.2, 0.25) is 0 Å². The summed E-state index contributed by atoms with van der Waals surface area (Å²) in [6.07, 6.45) is 1.59. The van der Waals surface area contributed by atoms with Crippen LogP contribution in [0.4, 0.5) is 17.2 Å². The number of nitrogens with zero attached hydrogens (tertiary/aromatic N) is 2. The first-order chi connectivity index (χ1) is 13.7. The van der Waals surface area contributed by atoms with Gasteiger partial charge >= 0.3 is 0 Å². The number of hydrogen-bond donors (Lipinski definition) is 2. The van der Waals surface area contributed by atoms with Crippen molar-refractivity contribution in [1.29, 1.82) is 0 Å². The van der Waals surface area contributed by atoms with Crippen LogP contribution >= 0.6 is 0 Å². The van der Waals surface area contributed by atoms with Crippen molar-refractivity contribution in [3.63, 3.8) is 0 Å². The summed E-state index contributed by atoms with van der Waals surface area (Å²) in [5, 5.41) is 6.18. The molecule has 5 heteroatoms. The fourth-order valence-electron chi connectivity index (χ4n) is 2.97. The van der Waals surface area contributed by atoms with Gasteiger partial charge in [0.15, 0.2) is 0 Å². The molecule has 0 spiro atoms. The molecule has 0 saturated carbocycles. The van der Waals surface area contributed by atoms with E-state index in [2.05, 4.69) is 46.5 Å². The number of anilines is 3. The molecule has 144 valence electrons. The van der Waals surface area contributed by atoms with Crippen molar-refractivity contribution in [2.45, 2.75) is 20.4 Å². The van der Waals surface area contributed by atoms with Crippen molar-refractivity contribution in [2.24, 2.45) is 0 Å². The van der Waals surface area contributed by atoms with Crippen molar-refractivity contribution >= 4 is 23.1 Å². The minimum absolute atomic E-state index is 0.133. The minimum Gasteiger partial charge on any atom is -0.372 e. The highest BCUT2D eigenvalue weighted by Gasteiger charge is 2.07. The number of rotatable bonds is 8. The first kappa shape index (κ1) is 19.4. The van der Waals surface area contributed by atoms with Gasteiger partial charge in [0.05, 0.1) is 5.56 Å². The van der Waals surface area contributed by atoms with Gasteiger partial charge in [-0.05, 0) is 55.8 Å². The number of pyridine rings is 1. The van der Waals surface area contributed by atoms with Crippen LogP contribution in [-0.4, -0.2) is 24.0 Å². The summed E-state index contributed by atoms with van der Waals surface area (Å²) in [6, 6.07) is 21.7. The highest BCUT2D eigenvalue weighted by atomic mass is 16.1. The molecule has 1 heterocycles. The molecular weight excluding hydrogens is 348 g/mol. The molecule has 5 nitrogen and oxygen atoms in total. The zero-order valence-electron chi connectivity index (χ0n) is 16.4. The Hall–Kier alpha value is -3.34. The summed E-state index contributed by atoms with van der Waals surface area (Å²) >= 11 is 0. The second-order valence-corrected chi connectivity index (χ2v) is 6.44. The molecule has 0 saturated heterocycles. The number of aromatic nitrogens is 1. The van der Waals surface area contributed by atoms with Gasteiger partial charge in [-0.1, -0.05) is 30.3 Å². The molecular formula is C23H26N4O. The van der Waals surface area contributed by atoms with Gasteiger partial charge in [-0.25, -0.2) is 4.98 Å². The van der Waals surface area contributed by atoms with Crippen LogP contribution in [0.2, 0.25) is 0 Å². The highest BCUT2D eigenvalue weighted by Crippen LogP contribution is 2.20. The number of benzene rings is 2. The second kappa shape index (κ2) is 9.55. The molecule has 3 aromatic rings. The predicted molar refractivity (Wildman–Crippen MR) is 115 cm³/mol. The van der Waals surface area contributed by atoms with Gasteiger partial charge in [0.25, 0.3) is 5.91 Å². The summed E-state index contributed by atoms with van der Waals surface area (Å²) in [5.74, 6) is 0.571. The Kier molecular flexibility index (Phi) is 6.63. The van der Waals surface area contributed by atoms with Crippen molar-refractivity contribution < 1.29 is 4.79 Å². The summed E-state index contributed by atoms with van der Waals surface area (Å²) in [4.78, 5) is 18.9. The van der Waals surface area contributed by atoms with E-state index in [-0.39, 0.29) is 5.91 Å². The van der Waals surface area contributed by atoms with Crippen LogP contribution in [0, 0.1) is 0 Å². The number of carbonyl (C=O) groups is 1. The number of nitrogens with one attached hydrogen (secondary N) is 2. The average molecular weight is 374 g/mol. The summed E-state index contributed by atoms with van der Waals surface area (Å²) in [6.45, 7) is 6.77. The van der Waals surface area contributed by atoms with E-state index >= 15 is 0 Å². The third-order valence-corrected chi connectivity index (χ3v) is 4.59. The Morgan fingerprint density at radius 2 is 1.64 bits per heavy atom. The summed E-state index contributed by atoms with van der Waals surface area (Å²) in [5.41, 5.74) is 3.77. The minimum atomic E-state index is -0.133. The van der Waals surface area contributed by atoms with Crippen LogP contribution in [0.5, 0.6) is 0 Å². The van der Waals surface area contributed by atoms with Crippen LogP contribution < -0.4 is 15.5 Å². The molecule has 0 unspecified atom stereocenters. The maximum absolute atomic E-state index is 12.3.